The molecule has 33 heavy (non-hydrogen) atoms. The van der Waals surface area contributed by atoms with E-state index in [1.807, 2.05) is 32.9 Å². The summed E-state index contributed by atoms with van der Waals surface area (Å²) < 4.78 is 14.6. The fraction of sp³-hybridized carbons (Fsp3) is 0.455. The number of rotatable bonds is 6. The molecule has 4 aromatic heterocycles. The van der Waals surface area contributed by atoms with Gasteiger partial charge in [0.2, 0.25) is 0 Å². The number of aromatic amines is 2. The quantitative estimate of drug-likeness (QED) is 0.410. The maximum absolute atomic E-state index is 12.8. The zero-order valence-corrected chi connectivity index (χ0v) is 19.1. The molecule has 2 atom stereocenters. The van der Waals surface area contributed by atoms with Gasteiger partial charge in [-0.15, -0.1) is 0 Å². The number of hydrogen-bond acceptors (Lipinski definition) is 7. The van der Waals surface area contributed by atoms with E-state index in [-0.39, 0.29) is 23.1 Å². The summed E-state index contributed by atoms with van der Waals surface area (Å²) in [7, 11) is 1.64. The second-order valence-corrected chi connectivity index (χ2v) is 9.33. The standard InChI is InChI=1S/C22H28N8O3/c1-22(2,3)15-10-24-30(21(15)31)14-8-18(33-12-14)16-9-19(27-26-16)25-20-17-7-13(11-32-4)28-29(17)6-5-23-20/h5-7,9-10,14,18,24H,8,11-12H2,1-4H3,(H2,23,25,26,27)/t14-,18-/m1/s1. The van der Waals surface area contributed by atoms with Gasteiger partial charge in [-0.1, -0.05) is 20.8 Å². The molecule has 11 heteroatoms. The Balaban J connectivity index is 1.31. The van der Waals surface area contributed by atoms with Gasteiger partial charge in [-0.2, -0.15) is 10.2 Å². The minimum atomic E-state index is -0.210. The Kier molecular flexibility index (Phi) is 5.29. The number of hydrogen-bond donors (Lipinski definition) is 3. The molecule has 174 valence electrons. The number of H-pyrrole nitrogens is 2. The number of nitrogens with zero attached hydrogens (tertiary/aromatic N) is 5. The van der Waals surface area contributed by atoms with E-state index in [1.54, 1.807) is 34.9 Å². The second kappa shape index (κ2) is 8.16. The molecule has 1 fully saturated rings. The number of nitrogens with one attached hydrogen (secondary N) is 3. The molecule has 0 radical (unpaired) electrons. The van der Waals surface area contributed by atoms with Crippen molar-refractivity contribution in [3.8, 4) is 0 Å². The highest BCUT2D eigenvalue weighted by molar-refractivity contribution is 5.72. The Morgan fingerprint density at radius 3 is 2.94 bits per heavy atom. The van der Waals surface area contributed by atoms with Gasteiger partial charge in [0, 0.05) is 43.8 Å². The monoisotopic (exact) mass is 452 g/mol. The number of fused-ring (bicyclic) bond motifs is 1. The van der Waals surface area contributed by atoms with Gasteiger partial charge in [-0.25, -0.2) is 14.2 Å². The summed E-state index contributed by atoms with van der Waals surface area (Å²) in [4.78, 5) is 17.3. The zero-order valence-electron chi connectivity index (χ0n) is 19.1. The Morgan fingerprint density at radius 1 is 1.33 bits per heavy atom. The minimum absolute atomic E-state index is 0.0107. The van der Waals surface area contributed by atoms with E-state index in [2.05, 4.69) is 30.7 Å². The third-order valence-electron chi connectivity index (χ3n) is 5.87. The third-order valence-corrected chi connectivity index (χ3v) is 5.87. The van der Waals surface area contributed by atoms with E-state index >= 15 is 0 Å². The molecule has 5 heterocycles. The molecule has 0 amide bonds. The molecule has 0 saturated carbocycles. The van der Waals surface area contributed by atoms with Crippen LogP contribution in [-0.2, 0) is 21.5 Å². The lowest BCUT2D eigenvalue weighted by Gasteiger charge is -2.14. The summed E-state index contributed by atoms with van der Waals surface area (Å²) in [6.45, 7) is 6.98. The molecular formula is C22H28N8O3. The van der Waals surface area contributed by atoms with Crippen LogP contribution in [0.25, 0.3) is 5.52 Å². The van der Waals surface area contributed by atoms with Crippen LogP contribution in [0.2, 0.25) is 0 Å². The number of ether oxygens (including phenoxy) is 2. The van der Waals surface area contributed by atoms with Crippen molar-refractivity contribution in [3.63, 3.8) is 0 Å². The molecule has 1 saturated heterocycles. The first-order valence-electron chi connectivity index (χ1n) is 10.9. The molecule has 3 N–H and O–H groups in total. The summed E-state index contributed by atoms with van der Waals surface area (Å²) in [6.07, 6.45) is 5.75. The lowest BCUT2D eigenvalue weighted by molar-refractivity contribution is 0.104. The van der Waals surface area contributed by atoms with Gasteiger partial charge in [-0.05, 0) is 11.5 Å². The largest absolute Gasteiger partial charge is 0.378 e. The predicted molar refractivity (Wildman–Crippen MR) is 122 cm³/mol. The Labute approximate surface area is 190 Å². The summed E-state index contributed by atoms with van der Waals surface area (Å²) in [5, 5.41) is 18.3. The SMILES string of the molecule is COCc1cc2c(Nc3cc([C@H]4C[C@@H](n5[nH]cc(C(C)(C)C)c5=O)CO4)[nH]n3)nccn2n1. The molecule has 0 aromatic carbocycles. The predicted octanol–water partition coefficient (Wildman–Crippen LogP) is 2.83. The number of anilines is 2. The van der Waals surface area contributed by atoms with Gasteiger partial charge in [-0.3, -0.25) is 9.89 Å². The summed E-state index contributed by atoms with van der Waals surface area (Å²) in [6, 6.07) is 3.78. The lowest BCUT2D eigenvalue weighted by atomic mass is 9.89. The van der Waals surface area contributed by atoms with E-state index in [0.29, 0.717) is 31.3 Å². The maximum atomic E-state index is 12.8. The van der Waals surface area contributed by atoms with Gasteiger partial charge >= 0.3 is 0 Å². The fourth-order valence-corrected chi connectivity index (χ4v) is 4.17. The molecule has 5 rings (SSSR count). The van der Waals surface area contributed by atoms with Crippen molar-refractivity contribution in [2.45, 2.75) is 51.4 Å². The van der Waals surface area contributed by atoms with Crippen LogP contribution in [0.5, 0.6) is 0 Å². The second-order valence-electron chi connectivity index (χ2n) is 9.33. The molecule has 1 aliphatic heterocycles. The molecule has 0 unspecified atom stereocenters. The first-order valence-corrected chi connectivity index (χ1v) is 10.9. The van der Waals surface area contributed by atoms with Crippen molar-refractivity contribution >= 4 is 17.2 Å². The van der Waals surface area contributed by atoms with Crippen molar-refractivity contribution in [3.05, 3.63) is 58.0 Å². The molecular weight excluding hydrogens is 424 g/mol. The van der Waals surface area contributed by atoms with E-state index in [4.69, 9.17) is 9.47 Å². The topological polar surface area (TPSA) is 127 Å². The number of methoxy groups -OCH3 is 1. The van der Waals surface area contributed by atoms with Gasteiger partial charge in [0.05, 0.1) is 30.6 Å². The normalized spacial score (nSPS) is 18.9. The Bertz CT molecular complexity index is 1330. The van der Waals surface area contributed by atoms with Crippen LogP contribution in [0.4, 0.5) is 11.6 Å². The molecule has 0 spiro atoms. The molecule has 4 aromatic rings. The van der Waals surface area contributed by atoms with Crippen molar-refractivity contribution in [2.24, 2.45) is 0 Å². The smallest absolute Gasteiger partial charge is 0.270 e. The molecule has 1 aliphatic rings. The van der Waals surface area contributed by atoms with E-state index in [9.17, 15) is 4.79 Å². The number of aromatic nitrogens is 7. The van der Waals surface area contributed by atoms with E-state index in [0.717, 1.165) is 22.5 Å². The average Bonchev–Trinajstić information content (AvgIpc) is 3.53. The molecule has 0 bridgehead atoms. The van der Waals surface area contributed by atoms with E-state index in [1.165, 1.54) is 0 Å². The molecule has 0 aliphatic carbocycles. The van der Waals surface area contributed by atoms with Crippen molar-refractivity contribution in [1.29, 1.82) is 0 Å². The van der Waals surface area contributed by atoms with Crippen molar-refractivity contribution in [2.75, 3.05) is 19.0 Å². The van der Waals surface area contributed by atoms with Crippen LogP contribution < -0.4 is 10.9 Å². The van der Waals surface area contributed by atoms with Gasteiger partial charge < -0.3 is 19.9 Å². The highest BCUT2D eigenvalue weighted by Gasteiger charge is 2.32. The Hall–Kier alpha value is -3.44. The van der Waals surface area contributed by atoms with Gasteiger partial charge in [0.25, 0.3) is 5.56 Å². The van der Waals surface area contributed by atoms with Crippen LogP contribution in [0.3, 0.4) is 0 Å². The van der Waals surface area contributed by atoms with Gasteiger partial charge in [0.15, 0.2) is 11.6 Å². The summed E-state index contributed by atoms with van der Waals surface area (Å²) >= 11 is 0. The molecule has 11 nitrogen and oxygen atoms in total. The van der Waals surface area contributed by atoms with Crippen LogP contribution in [0.1, 0.15) is 56.3 Å². The minimum Gasteiger partial charge on any atom is -0.378 e. The summed E-state index contributed by atoms with van der Waals surface area (Å²) in [5.41, 5.74) is 3.06. The van der Waals surface area contributed by atoms with Crippen molar-refractivity contribution < 1.29 is 9.47 Å². The van der Waals surface area contributed by atoms with Crippen LogP contribution >= 0.6 is 0 Å². The third kappa shape index (κ3) is 4.05. The van der Waals surface area contributed by atoms with Crippen molar-refractivity contribution in [1.82, 2.24) is 34.6 Å². The lowest BCUT2D eigenvalue weighted by Crippen LogP contribution is -2.28. The van der Waals surface area contributed by atoms with Gasteiger partial charge in [0.1, 0.15) is 11.6 Å². The first kappa shape index (κ1) is 21.4. The highest BCUT2D eigenvalue weighted by Crippen LogP contribution is 2.35. The average molecular weight is 453 g/mol. The Morgan fingerprint density at radius 2 is 2.18 bits per heavy atom. The van der Waals surface area contributed by atoms with Crippen LogP contribution in [0.15, 0.2) is 35.5 Å². The fourth-order valence-electron chi connectivity index (χ4n) is 4.17. The zero-order chi connectivity index (χ0) is 23.2. The van der Waals surface area contributed by atoms with Crippen LogP contribution in [-0.4, -0.2) is 48.3 Å². The first-order chi connectivity index (χ1) is 15.8. The van der Waals surface area contributed by atoms with E-state index < -0.39 is 0 Å². The summed E-state index contributed by atoms with van der Waals surface area (Å²) in [5.74, 6) is 1.27. The highest BCUT2D eigenvalue weighted by atomic mass is 16.5. The van der Waals surface area contributed by atoms with Crippen LogP contribution in [0, 0.1) is 0 Å². The maximum Gasteiger partial charge on any atom is 0.270 e.